The van der Waals surface area contributed by atoms with Crippen molar-refractivity contribution < 1.29 is 22.8 Å². The number of ketones is 1. The Kier molecular flexibility index (Phi) is 5.46. The lowest BCUT2D eigenvalue weighted by Crippen LogP contribution is -2.40. The first-order valence-electron chi connectivity index (χ1n) is 9.42. The number of piperidine rings is 1. The number of likely N-dealkylation sites (tertiary alicyclic amines) is 1. The third-order valence-corrected chi connectivity index (χ3v) is 6.01. The summed E-state index contributed by atoms with van der Waals surface area (Å²) < 4.78 is 40.9. The summed E-state index contributed by atoms with van der Waals surface area (Å²) in [5, 5.41) is 2.84. The minimum absolute atomic E-state index is 0.210. The van der Waals surface area contributed by atoms with Crippen molar-refractivity contribution in [2.45, 2.75) is 19.8 Å². The van der Waals surface area contributed by atoms with Gasteiger partial charge >= 0.3 is 0 Å². The van der Waals surface area contributed by atoms with Gasteiger partial charge in [-0.3, -0.25) is 9.59 Å². The van der Waals surface area contributed by atoms with Crippen LogP contribution in [0, 0.1) is 30.3 Å². The number of H-pyrrole nitrogens is 1. The molecule has 0 spiro atoms. The van der Waals surface area contributed by atoms with E-state index in [1.165, 1.54) is 11.3 Å². The van der Waals surface area contributed by atoms with E-state index in [9.17, 15) is 22.8 Å². The predicted molar refractivity (Wildman–Crippen MR) is 106 cm³/mol. The minimum Gasteiger partial charge on any atom is -0.357 e. The lowest BCUT2D eigenvalue weighted by Gasteiger charge is -2.31. The second kappa shape index (κ2) is 8.06. The maximum atomic E-state index is 13.9. The van der Waals surface area contributed by atoms with E-state index in [1.807, 2.05) is 12.3 Å². The number of Topliss-reactive ketones (excluding diaryl/α,β-unsaturated/α-hetero) is 1. The summed E-state index contributed by atoms with van der Waals surface area (Å²) in [7, 11) is 0. The van der Waals surface area contributed by atoms with E-state index >= 15 is 0 Å². The van der Waals surface area contributed by atoms with E-state index in [2.05, 4.69) is 9.97 Å². The Morgan fingerprint density at radius 1 is 1.13 bits per heavy atom. The summed E-state index contributed by atoms with van der Waals surface area (Å²) in [5.41, 5.74) is 1.31. The molecule has 0 radical (unpaired) electrons. The van der Waals surface area contributed by atoms with Gasteiger partial charge in [0.2, 0.25) is 0 Å². The molecule has 0 atom stereocenters. The molecule has 0 saturated carbocycles. The van der Waals surface area contributed by atoms with Gasteiger partial charge in [-0.2, -0.15) is 0 Å². The van der Waals surface area contributed by atoms with E-state index < -0.39 is 34.7 Å². The highest BCUT2D eigenvalue weighted by atomic mass is 32.1. The summed E-state index contributed by atoms with van der Waals surface area (Å²) in [4.78, 5) is 34.3. The van der Waals surface area contributed by atoms with Crippen LogP contribution in [0.5, 0.6) is 0 Å². The normalized spacial score (nSPS) is 14.9. The first kappa shape index (κ1) is 20.3. The molecule has 1 aromatic carbocycles. The van der Waals surface area contributed by atoms with Crippen molar-refractivity contribution in [2.75, 3.05) is 13.1 Å². The number of hydrogen-bond acceptors (Lipinski definition) is 4. The maximum Gasteiger partial charge on any atom is 0.270 e. The molecule has 9 heteroatoms. The van der Waals surface area contributed by atoms with E-state index in [-0.39, 0.29) is 31.8 Å². The predicted octanol–water partition coefficient (Wildman–Crippen LogP) is 4.60. The molecule has 0 aliphatic carbocycles. The first-order valence-corrected chi connectivity index (χ1v) is 10.3. The van der Waals surface area contributed by atoms with Crippen LogP contribution in [0.4, 0.5) is 13.2 Å². The van der Waals surface area contributed by atoms with Gasteiger partial charge in [0, 0.05) is 48.3 Å². The second-order valence-electron chi connectivity index (χ2n) is 7.23. The Hall–Kier alpha value is -2.94. The average Bonchev–Trinajstić information content (AvgIpc) is 3.36. The van der Waals surface area contributed by atoms with Crippen LogP contribution in [-0.2, 0) is 0 Å². The summed E-state index contributed by atoms with van der Waals surface area (Å²) in [6.07, 6.45) is 2.28. The number of aromatic amines is 1. The molecule has 3 heterocycles. The van der Waals surface area contributed by atoms with Crippen molar-refractivity contribution in [1.29, 1.82) is 0 Å². The number of aryl methyl sites for hydroxylation is 1. The van der Waals surface area contributed by atoms with E-state index in [1.54, 1.807) is 17.2 Å². The number of carbonyl (C=O) groups is 2. The van der Waals surface area contributed by atoms with Crippen LogP contribution in [-0.4, -0.2) is 39.6 Å². The molecule has 2 aromatic heterocycles. The molecule has 4 rings (SSSR count). The number of thiazole rings is 1. The van der Waals surface area contributed by atoms with Gasteiger partial charge in [0.25, 0.3) is 5.91 Å². The number of nitrogens with one attached hydrogen (secondary N) is 1. The number of benzene rings is 1. The largest absolute Gasteiger partial charge is 0.357 e. The third-order valence-electron chi connectivity index (χ3n) is 5.23. The van der Waals surface area contributed by atoms with Gasteiger partial charge in [-0.1, -0.05) is 0 Å². The number of hydrogen-bond donors (Lipinski definition) is 1. The van der Waals surface area contributed by atoms with Crippen LogP contribution in [0.25, 0.3) is 11.3 Å². The first-order chi connectivity index (χ1) is 14.3. The molecule has 3 aromatic rings. The summed E-state index contributed by atoms with van der Waals surface area (Å²) in [5.74, 6) is -5.00. The van der Waals surface area contributed by atoms with Gasteiger partial charge in [0.15, 0.2) is 5.78 Å². The van der Waals surface area contributed by atoms with Crippen LogP contribution < -0.4 is 0 Å². The smallest absolute Gasteiger partial charge is 0.270 e. The van der Waals surface area contributed by atoms with Crippen molar-refractivity contribution in [3.8, 4) is 11.3 Å². The van der Waals surface area contributed by atoms with E-state index in [0.717, 1.165) is 16.3 Å². The number of nitrogens with zero attached hydrogens (tertiary/aromatic N) is 2. The average molecular weight is 433 g/mol. The Morgan fingerprint density at radius 2 is 1.80 bits per heavy atom. The molecule has 1 aliphatic rings. The Bertz CT molecular complexity index is 1090. The molecule has 1 N–H and O–H groups in total. The van der Waals surface area contributed by atoms with Gasteiger partial charge in [-0.25, -0.2) is 18.2 Å². The number of amides is 1. The summed E-state index contributed by atoms with van der Waals surface area (Å²) in [6, 6.07) is 2.74. The monoisotopic (exact) mass is 433 g/mol. The Balaban J connectivity index is 1.42. The molecule has 156 valence electrons. The molecular formula is C21H18F3N3O2S. The third kappa shape index (κ3) is 3.89. The van der Waals surface area contributed by atoms with E-state index in [0.29, 0.717) is 17.8 Å². The molecule has 0 bridgehead atoms. The van der Waals surface area contributed by atoms with Crippen LogP contribution in [0.3, 0.4) is 0 Å². The molecule has 30 heavy (non-hydrogen) atoms. The highest BCUT2D eigenvalue weighted by Gasteiger charge is 2.32. The van der Waals surface area contributed by atoms with Gasteiger partial charge in [0.1, 0.15) is 23.1 Å². The molecule has 1 amide bonds. The van der Waals surface area contributed by atoms with Gasteiger partial charge in [-0.05, 0) is 25.8 Å². The fourth-order valence-corrected chi connectivity index (χ4v) is 4.28. The standard InChI is InChI=1S/C21H18F3N3O2S/c1-11-26-18(10-30-11)13-6-17(25-9-13)21(29)27-4-2-12(3-5-27)20(28)19-15(23)7-14(22)8-16(19)24/h6-10,12,25H,2-5H2,1H3. The van der Waals surface area contributed by atoms with Gasteiger partial charge < -0.3 is 9.88 Å². The quantitative estimate of drug-likeness (QED) is 0.612. The fraction of sp³-hybridized carbons (Fsp3) is 0.286. The van der Waals surface area contributed by atoms with Crippen molar-refractivity contribution in [1.82, 2.24) is 14.9 Å². The molecular weight excluding hydrogens is 415 g/mol. The van der Waals surface area contributed by atoms with Crippen LogP contribution >= 0.6 is 11.3 Å². The number of aromatic nitrogens is 2. The fourth-order valence-electron chi connectivity index (χ4n) is 3.66. The SMILES string of the molecule is Cc1nc(-c2c[nH]c(C(=O)N3CCC(C(=O)c4c(F)cc(F)cc4F)CC3)c2)cs1. The lowest BCUT2D eigenvalue weighted by molar-refractivity contribution is 0.0643. The molecule has 0 unspecified atom stereocenters. The maximum absolute atomic E-state index is 13.9. The zero-order chi connectivity index (χ0) is 21.4. The van der Waals surface area contributed by atoms with Crippen molar-refractivity contribution >= 4 is 23.0 Å². The zero-order valence-corrected chi connectivity index (χ0v) is 16.9. The second-order valence-corrected chi connectivity index (χ2v) is 8.29. The Labute approximate surface area is 174 Å². The van der Waals surface area contributed by atoms with Gasteiger partial charge in [-0.15, -0.1) is 11.3 Å². The van der Waals surface area contributed by atoms with Crippen LogP contribution in [0.2, 0.25) is 0 Å². The number of carbonyl (C=O) groups excluding carboxylic acids is 2. The molecule has 5 nitrogen and oxygen atoms in total. The van der Waals surface area contributed by atoms with E-state index in [4.69, 9.17) is 0 Å². The lowest BCUT2D eigenvalue weighted by atomic mass is 9.88. The topological polar surface area (TPSA) is 66.1 Å². The van der Waals surface area contributed by atoms with Crippen molar-refractivity contribution in [3.05, 3.63) is 63.5 Å². The van der Waals surface area contributed by atoms with Crippen molar-refractivity contribution in [3.63, 3.8) is 0 Å². The zero-order valence-electron chi connectivity index (χ0n) is 16.0. The van der Waals surface area contributed by atoms with Gasteiger partial charge in [0.05, 0.1) is 16.3 Å². The minimum atomic E-state index is -1.20. The Morgan fingerprint density at radius 3 is 2.40 bits per heavy atom. The van der Waals surface area contributed by atoms with Crippen molar-refractivity contribution in [2.24, 2.45) is 5.92 Å². The molecule has 1 aliphatic heterocycles. The highest BCUT2D eigenvalue weighted by molar-refractivity contribution is 7.09. The molecule has 1 saturated heterocycles. The summed E-state index contributed by atoms with van der Waals surface area (Å²) in [6.45, 7) is 2.47. The highest BCUT2D eigenvalue weighted by Crippen LogP contribution is 2.27. The number of halogens is 3. The van der Waals surface area contributed by atoms with Crippen LogP contribution in [0.15, 0.2) is 29.8 Å². The number of rotatable bonds is 4. The summed E-state index contributed by atoms with van der Waals surface area (Å²) >= 11 is 1.52. The van der Waals surface area contributed by atoms with Crippen LogP contribution in [0.1, 0.15) is 38.7 Å². The molecule has 1 fully saturated rings.